The van der Waals surface area contributed by atoms with Crippen LogP contribution in [0.1, 0.15) is 35.2 Å². The highest BCUT2D eigenvalue weighted by atomic mass is 16.2. The van der Waals surface area contributed by atoms with Crippen molar-refractivity contribution in [1.82, 2.24) is 14.7 Å². The molecule has 1 aliphatic heterocycles. The fraction of sp³-hybridized carbons (Fsp3) is 0.233. The van der Waals surface area contributed by atoms with Crippen LogP contribution in [0.3, 0.4) is 0 Å². The van der Waals surface area contributed by atoms with Gasteiger partial charge in [-0.2, -0.15) is 5.10 Å². The molecule has 5 rings (SSSR count). The number of amides is 2. The van der Waals surface area contributed by atoms with Gasteiger partial charge in [-0.25, -0.2) is 4.68 Å². The van der Waals surface area contributed by atoms with E-state index in [-0.39, 0.29) is 17.7 Å². The largest absolute Gasteiger partial charge is 0.339 e. The second kappa shape index (κ2) is 10.6. The predicted octanol–water partition coefficient (Wildman–Crippen LogP) is 5.73. The van der Waals surface area contributed by atoms with Crippen molar-refractivity contribution in [3.63, 3.8) is 0 Å². The number of carbonyl (C=O) groups excluding carboxylic acids is 2. The van der Waals surface area contributed by atoms with Crippen molar-refractivity contribution in [2.75, 3.05) is 18.4 Å². The summed E-state index contributed by atoms with van der Waals surface area (Å²) in [6, 6.07) is 27.5. The topological polar surface area (TPSA) is 67.2 Å². The second-order valence-electron chi connectivity index (χ2n) is 9.39. The summed E-state index contributed by atoms with van der Waals surface area (Å²) in [5.74, 6) is 0.277. The molecule has 182 valence electrons. The number of nitrogens with zero attached hydrogens (tertiary/aromatic N) is 3. The lowest BCUT2D eigenvalue weighted by molar-refractivity contribution is -0.117. The maximum absolute atomic E-state index is 13.6. The smallest absolute Gasteiger partial charge is 0.257 e. The fourth-order valence-electron chi connectivity index (χ4n) is 4.76. The Morgan fingerprint density at radius 2 is 1.61 bits per heavy atom. The van der Waals surface area contributed by atoms with Crippen molar-refractivity contribution < 1.29 is 9.59 Å². The van der Waals surface area contributed by atoms with Gasteiger partial charge in [0.25, 0.3) is 5.91 Å². The first kappa shape index (κ1) is 23.5. The summed E-state index contributed by atoms with van der Waals surface area (Å²) in [7, 11) is 0. The number of hydrogen-bond donors (Lipinski definition) is 1. The first-order valence-electron chi connectivity index (χ1n) is 12.4. The molecule has 0 unspecified atom stereocenters. The molecular formula is C30H30N4O2. The number of nitrogens with one attached hydrogen (secondary N) is 1. The van der Waals surface area contributed by atoms with Gasteiger partial charge in [0.1, 0.15) is 5.69 Å². The van der Waals surface area contributed by atoms with E-state index < -0.39 is 0 Å². The van der Waals surface area contributed by atoms with Gasteiger partial charge in [-0.1, -0.05) is 60.7 Å². The predicted molar refractivity (Wildman–Crippen MR) is 142 cm³/mol. The summed E-state index contributed by atoms with van der Waals surface area (Å²) >= 11 is 0. The Morgan fingerprint density at radius 1 is 0.917 bits per heavy atom. The minimum Gasteiger partial charge on any atom is -0.339 e. The van der Waals surface area contributed by atoms with Crippen LogP contribution in [0.4, 0.5) is 5.69 Å². The summed E-state index contributed by atoms with van der Waals surface area (Å²) in [4.78, 5) is 28.1. The minimum atomic E-state index is -0.0151. The third kappa shape index (κ3) is 5.38. The molecule has 4 aromatic rings. The van der Waals surface area contributed by atoms with Crippen molar-refractivity contribution in [2.45, 2.75) is 26.2 Å². The number of aromatic nitrogens is 2. The summed E-state index contributed by atoms with van der Waals surface area (Å²) < 4.78 is 1.78. The van der Waals surface area contributed by atoms with Gasteiger partial charge in [0.05, 0.1) is 11.3 Å². The maximum Gasteiger partial charge on any atom is 0.257 e. The van der Waals surface area contributed by atoms with E-state index in [9.17, 15) is 9.59 Å². The normalized spacial score (nSPS) is 14.0. The van der Waals surface area contributed by atoms with Crippen LogP contribution >= 0.6 is 0 Å². The van der Waals surface area contributed by atoms with Crippen molar-refractivity contribution in [3.8, 4) is 16.9 Å². The fourth-order valence-corrected chi connectivity index (χ4v) is 4.76. The summed E-state index contributed by atoms with van der Waals surface area (Å²) in [5, 5.41) is 7.79. The maximum atomic E-state index is 13.6. The first-order chi connectivity index (χ1) is 17.6. The Hall–Kier alpha value is -4.19. The van der Waals surface area contributed by atoms with Crippen LogP contribution in [0.15, 0.2) is 91.1 Å². The summed E-state index contributed by atoms with van der Waals surface area (Å²) in [5.41, 5.74) is 5.05. The number of aryl methyl sites for hydroxylation is 1. The summed E-state index contributed by atoms with van der Waals surface area (Å²) in [6.45, 7) is 3.27. The highest BCUT2D eigenvalue weighted by Crippen LogP contribution is 2.28. The number of rotatable bonds is 6. The van der Waals surface area contributed by atoms with Crippen LogP contribution in [0.25, 0.3) is 16.9 Å². The Bertz CT molecular complexity index is 1340. The van der Waals surface area contributed by atoms with Crippen molar-refractivity contribution in [2.24, 2.45) is 5.92 Å². The molecule has 3 aromatic carbocycles. The second-order valence-corrected chi connectivity index (χ2v) is 9.39. The van der Waals surface area contributed by atoms with Crippen LogP contribution in [0.2, 0.25) is 0 Å². The van der Waals surface area contributed by atoms with E-state index in [1.165, 1.54) is 0 Å². The third-order valence-electron chi connectivity index (χ3n) is 6.69. The summed E-state index contributed by atoms with van der Waals surface area (Å²) in [6.07, 6.45) is 3.92. The molecule has 6 heteroatoms. The highest BCUT2D eigenvalue weighted by molar-refractivity contribution is 6.00. The zero-order chi connectivity index (χ0) is 24.9. The molecule has 36 heavy (non-hydrogen) atoms. The first-order valence-corrected chi connectivity index (χ1v) is 12.4. The Balaban J connectivity index is 1.27. The molecular weight excluding hydrogens is 448 g/mol. The Morgan fingerprint density at radius 3 is 2.31 bits per heavy atom. The Labute approximate surface area is 211 Å². The molecule has 0 aliphatic carbocycles. The van der Waals surface area contributed by atoms with E-state index in [1.807, 2.05) is 103 Å². The number of anilines is 1. The molecule has 1 saturated heterocycles. The molecule has 0 radical (unpaired) electrons. The number of likely N-dealkylation sites (tertiary alicyclic amines) is 1. The molecule has 6 nitrogen and oxygen atoms in total. The zero-order valence-corrected chi connectivity index (χ0v) is 20.4. The van der Waals surface area contributed by atoms with Crippen LogP contribution in [0.5, 0.6) is 0 Å². The van der Waals surface area contributed by atoms with Crippen molar-refractivity contribution in [3.05, 3.63) is 102 Å². The number of piperidine rings is 1. The van der Waals surface area contributed by atoms with Gasteiger partial charge in [0.15, 0.2) is 0 Å². The van der Waals surface area contributed by atoms with E-state index in [0.717, 1.165) is 35.3 Å². The van der Waals surface area contributed by atoms with E-state index in [0.29, 0.717) is 30.8 Å². The SMILES string of the molecule is Cc1cccc(NC(=O)CC2CCN(C(=O)c3cn(-c4ccccc4)nc3-c3ccccc3)CC2)c1. The van der Waals surface area contributed by atoms with Gasteiger partial charge in [0.2, 0.25) is 5.91 Å². The lowest BCUT2D eigenvalue weighted by Gasteiger charge is -2.31. The third-order valence-corrected chi connectivity index (χ3v) is 6.69. The van der Waals surface area contributed by atoms with E-state index >= 15 is 0 Å². The lowest BCUT2D eigenvalue weighted by Crippen LogP contribution is -2.39. The van der Waals surface area contributed by atoms with Crippen molar-refractivity contribution in [1.29, 1.82) is 0 Å². The molecule has 2 heterocycles. The quantitative estimate of drug-likeness (QED) is 0.385. The van der Waals surface area contributed by atoms with Gasteiger partial charge < -0.3 is 10.2 Å². The molecule has 0 bridgehead atoms. The highest BCUT2D eigenvalue weighted by Gasteiger charge is 2.28. The van der Waals surface area contributed by atoms with Crippen LogP contribution in [0, 0.1) is 12.8 Å². The van der Waals surface area contributed by atoms with Gasteiger partial charge >= 0.3 is 0 Å². The molecule has 0 spiro atoms. The van der Waals surface area contributed by atoms with Gasteiger partial charge in [-0.3, -0.25) is 9.59 Å². The molecule has 0 saturated carbocycles. The number of benzene rings is 3. The standard InChI is InChI=1S/C30H30N4O2/c1-22-9-8-12-25(19-22)31-28(35)20-23-15-17-33(18-16-23)30(36)27-21-34(26-13-6-3-7-14-26)32-29(27)24-10-4-2-5-11-24/h2-14,19,21,23H,15-18,20H2,1H3,(H,31,35). The molecule has 1 aromatic heterocycles. The Kier molecular flexibility index (Phi) is 6.94. The number of para-hydroxylation sites is 1. The van der Waals surface area contributed by atoms with E-state index in [2.05, 4.69) is 5.32 Å². The van der Waals surface area contributed by atoms with E-state index in [4.69, 9.17) is 5.10 Å². The van der Waals surface area contributed by atoms with Gasteiger partial charge in [-0.15, -0.1) is 0 Å². The van der Waals surface area contributed by atoms with Gasteiger partial charge in [0, 0.05) is 37.0 Å². The lowest BCUT2D eigenvalue weighted by atomic mass is 9.92. The minimum absolute atomic E-state index is 0.0151. The number of carbonyl (C=O) groups is 2. The van der Waals surface area contributed by atoms with Crippen LogP contribution in [-0.4, -0.2) is 39.6 Å². The average molecular weight is 479 g/mol. The average Bonchev–Trinajstić information content (AvgIpc) is 3.35. The van der Waals surface area contributed by atoms with Crippen LogP contribution < -0.4 is 5.32 Å². The van der Waals surface area contributed by atoms with Gasteiger partial charge in [-0.05, 0) is 55.5 Å². The molecule has 0 atom stereocenters. The molecule has 2 amide bonds. The molecule has 1 N–H and O–H groups in total. The van der Waals surface area contributed by atoms with Crippen molar-refractivity contribution >= 4 is 17.5 Å². The molecule has 1 fully saturated rings. The zero-order valence-electron chi connectivity index (χ0n) is 20.4. The number of hydrogen-bond acceptors (Lipinski definition) is 3. The van der Waals surface area contributed by atoms with E-state index in [1.54, 1.807) is 4.68 Å². The molecule has 1 aliphatic rings. The monoisotopic (exact) mass is 478 g/mol. The van der Waals surface area contributed by atoms with Crippen LogP contribution in [-0.2, 0) is 4.79 Å².